The number of carbonyl (C=O) groups excluding carboxylic acids is 1. The molecule has 1 aromatic carbocycles. The number of hydrogen-bond acceptors (Lipinski definition) is 6. The van der Waals surface area contributed by atoms with Gasteiger partial charge in [-0.3, -0.25) is 14.2 Å². The molecule has 2 fully saturated rings. The zero-order valence-electron chi connectivity index (χ0n) is 14.0. The second kappa shape index (κ2) is 5.76. The van der Waals surface area contributed by atoms with E-state index in [0.29, 0.717) is 35.8 Å². The minimum atomic E-state index is -0.202. The van der Waals surface area contributed by atoms with Crippen LogP contribution in [0, 0.1) is 0 Å². The normalized spacial score (nSPS) is 17.5. The number of likely N-dealkylation sites (tertiary alicyclic amines) is 1. The largest absolute Gasteiger partial charge is 0.339 e. The molecule has 8 heteroatoms. The first-order chi connectivity index (χ1) is 12.7. The minimum absolute atomic E-state index is 0.0133. The van der Waals surface area contributed by atoms with Crippen molar-refractivity contribution >= 4 is 16.8 Å². The van der Waals surface area contributed by atoms with Gasteiger partial charge in [0, 0.05) is 19.0 Å². The summed E-state index contributed by atoms with van der Waals surface area (Å²) in [5, 5.41) is 4.53. The molecule has 5 rings (SSSR count). The van der Waals surface area contributed by atoms with Crippen molar-refractivity contribution < 1.29 is 9.32 Å². The molecule has 0 bridgehead atoms. The van der Waals surface area contributed by atoms with Crippen molar-refractivity contribution in [1.29, 1.82) is 0 Å². The first-order valence-electron chi connectivity index (χ1n) is 8.74. The average Bonchev–Trinajstić information content (AvgIpc) is 3.35. The van der Waals surface area contributed by atoms with E-state index in [1.54, 1.807) is 23.1 Å². The molecule has 2 aromatic heterocycles. The van der Waals surface area contributed by atoms with Gasteiger partial charge in [0.25, 0.3) is 5.56 Å². The van der Waals surface area contributed by atoms with E-state index in [9.17, 15) is 9.59 Å². The third-order valence-corrected chi connectivity index (χ3v) is 5.02. The van der Waals surface area contributed by atoms with Crippen molar-refractivity contribution in [1.82, 2.24) is 24.6 Å². The Morgan fingerprint density at radius 1 is 1.19 bits per heavy atom. The van der Waals surface area contributed by atoms with Gasteiger partial charge in [-0.05, 0) is 25.0 Å². The molecule has 26 heavy (non-hydrogen) atoms. The third kappa shape index (κ3) is 2.58. The topological polar surface area (TPSA) is 94.1 Å². The first-order valence-corrected chi connectivity index (χ1v) is 8.74. The van der Waals surface area contributed by atoms with Crippen LogP contribution in [0.15, 0.2) is 39.9 Å². The molecule has 0 N–H and O–H groups in total. The predicted molar refractivity (Wildman–Crippen MR) is 91.6 cm³/mol. The Balaban J connectivity index is 1.25. The minimum Gasteiger partial charge on any atom is -0.339 e. The summed E-state index contributed by atoms with van der Waals surface area (Å²) in [6.07, 6.45) is 3.69. The molecule has 8 nitrogen and oxygen atoms in total. The summed E-state index contributed by atoms with van der Waals surface area (Å²) in [4.78, 5) is 35.3. The van der Waals surface area contributed by atoms with Crippen LogP contribution in [0.1, 0.15) is 36.4 Å². The van der Waals surface area contributed by atoms with Gasteiger partial charge < -0.3 is 9.42 Å². The van der Waals surface area contributed by atoms with Crippen LogP contribution in [-0.2, 0) is 11.3 Å². The molecule has 1 amide bonds. The number of para-hydroxylation sites is 1. The second-order valence-corrected chi connectivity index (χ2v) is 6.96. The van der Waals surface area contributed by atoms with Crippen molar-refractivity contribution in [3.8, 4) is 0 Å². The van der Waals surface area contributed by atoms with Crippen LogP contribution in [0.5, 0.6) is 0 Å². The lowest BCUT2D eigenvalue weighted by Crippen LogP contribution is -2.50. The van der Waals surface area contributed by atoms with Crippen LogP contribution < -0.4 is 5.56 Å². The van der Waals surface area contributed by atoms with Crippen molar-refractivity contribution in [2.75, 3.05) is 13.1 Å². The maximum absolute atomic E-state index is 12.5. The molecule has 1 saturated carbocycles. The van der Waals surface area contributed by atoms with Crippen molar-refractivity contribution in [3.05, 3.63) is 52.7 Å². The number of carbonyl (C=O) groups is 1. The zero-order chi connectivity index (χ0) is 17.7. The fourth-order valence-corrected chi connectivity index (χ4v) is 3.22. The standard InChI is InChI=1S/C18H17N5O3/c24-15(9-23-10-19-14-4-2-1-3-13(14)18(23)25)22-7-12(8-22)17-20-16(21-26-17)11-5-6-11/h1-4,10-12H,5-9H2. The molecular weight excluding hydrogens is 334 g/mol. The monoisotopic (exact) mass is 351 g/mol. The summed E-state index contributed by atoms with van der Waals surface area (Å²) < 4.78 is 6.68. The molecule has 1 aliphatic heterocycles. The van der Waals surface area contributed by atoms with E-state index in [4.69, 9.17) is 4.52 Å². The van der Waals surface area contributed by atoms with Crippen LogP contribution in [0.4, 0.5) is 0 Å². The molecule has 1 aliphatic carbocycles. The van der Waals surface area contributed by atoms with E-state index in [-0.39, 0.29) is 23.9 Å². The molecule has 0 unspecified atom stereocenters. The van der Waals surface area contributed by atoms with E-state index in [0.717, 1.165) is 18.7 Å². The summed E-state index contributed by atoms with van der Waals surface area (Å²) in [6.45, 7) is 1.07. The highest BCUT2D eigenvalue weighted by Gasteiger charge is 2.37. The number of aromatic nitrogens is 4. The van der Waals surface area contributed by atoms with Crippen LogP contribution in [0.2, 0.25) is 0 Å². The van der Waals surface area contributed by atoms with E-state index >= 15 is 0 Å². The molecule has 0 spiro atoms. The highest BCUT2D eigenvalue weighted by Crippen LogP contribution is 2.39. The van der Waals surface area contributed by atoms with Crippen LogP contribution in [-0.4, -0.2) is 43.6 Å². The maximum Gasteiger partial charge on any atom is 0.261 e. The molecule has 132 valence electrons. The molecule has 2 aliphatic rings. The number of fused-ring (bicyclic) bond motifs is 1. The second-order valence-electron chi connectivity index (χ2n) is 6.96. The quantitative estimate of drug-likeness (QED) is 0.703. The number of amides is 1. The number of hydrogen-bond donors (Lipinski definition) is 0. The number of benzene rings is 1. The smallest absolute Gasteiger partial charge is 0.261 e. The summed E-state index contributed by atoms with van der Waals surface area (Å²) in [6, 6.07) is 7.12. The Morgan fingerprint density at radius 2 is 2.00 bits per heavy atom. The lowest BCUT2D eigenvalue weighted by Gasteiger charge is -2.37. The Hall–Kier alpha value is -3.03. The Morgan fingerprint density at radius 3 is 2.81 bits per heavy atom. The maximum atomic E-state index is 12.5. The molecular formula is C18H17N5O3. The first kappa shape index (κ1) is 15.2. The highest BCUT2D eigenvalue weighted by atomic mass is 16.5. The number of rotatable bonds is 4. The average molecular weight is 351 g/mol. The summed E-state index contributed by atoms with van der Waals surface area (Å²) >= 11 is 0. The van der Waals surface area contributed by atoms with Gasteiger partial charge >= 0.3 is 0 Å². The number of nitrogens with zero attached hydrogens (tertiary/aromatic N) is 5. The van der Waals surface area contributed by atoms with Gasteiger partial charge in [0.05, 0.1) is 23.1 Å². The van der Waals surface area contributed by atoms with Crippen LogP contribution in [0.3, 0.4) is 0 Å². The van der Waals surface area contributed by atoms with E-state index in [1.165, 1.54) is 10.9 Å². The molecule has 3 heterocycles. The zero-order valence-corrected chi connectivity index (χ0v) is 14.0. The van der Waals surface area contributed by atoms with E-state index in [2.05, 4.69) is 15.1 Å². The Kier molecular flexibility index (Phi) is 3.37. The SMILES string of the molecule is O=C(Cn1cnc2ccccc2c1=O)N1CC(c2nc(C3CC3)no2)C1. The van der Waals surface area contributed by atoms with Crippen LogP contribution in [0.25, 0.3) is 10.9 Å². The van der Waals surface area contributed by atoms with Crippen LogP contribution >= 0.6 is 0 Å². The van der Waals surface area contributed by atoms with Gasteiger partial charge in [-0.25, -0.2) is 4.98 Å². The fourth-order valence-electron chi connectivity index (χ4n) is 3.22. The lowest BCUT2D eigenvalue weighted by molar-refractivity contribution is -0.136. The van der Waals surface area contributed by atoms with Crippen molar-refractivity contribution in [2.45, 2.75) is 31.2 Å². The van der Waals surface area contributed by atoms with E-state index in [1.807, 2.05) is 6.07 Å². The van der Waals surface area contributed by atoms with Gasteiger partial charge in [0.15, 0.2) is 5.82 Å². The Bertz CT molecular complexity index is 1050. The fraction of sp³-hybridized carbons (Fsp3) is 0.389. The van der Waals surface area contributed by atoms with Crippen molar-refractivity contribution in [2.24, 2.45) is 0 Å². The molecule has 0 radical (unpaired) electrons. The van der Waals surface area contributed by atoms with E-state index < -0.39 is 0 Å². The summed E-state index contributed by atoms with van der Waals surface area (Å²) in [5.41, 5.74) is 0.431. The van der Waals surface area contributed by atoms with Gasteiger partial charge in [0.1, 0.15) is 6.54 Å². The van der Waals surface area contributed by atoms with Crippen molar-refractivity contribution in [3.63, 3.8) is 0 Å². The third-order valence-electron chi connectivity index (χ3n) is 5.02. The lowest BCUT2D eigenvalue weighted by atomic mass is 10.00. The van der Waals surface area contributed by atoms with Gasteiger partial charge in [-0.15, -0.1) is 0 Å². The predicted octanol–water partition coefficient (Wildman–Crippen LogP) is 1.28. The molecule has 0 atom stereocenters. The molecule has 1 saturated heterocycles. The Labute approximate surface area is 148 Å². The molecule has 3 aromatic rings. The highest BCUT2D eigenvalue weighted by molar-refractivity contribution is 5.79. The summed E-state index contributed by atoms with van der Waals surface area (Å²) in [5.74, 6) is 1.84. The summed E-state index contributed by atoms with van der Waals surface area (Å²) in [7, 11) is 0. The van der Waals surface area contributed by atoms with Gasteiger partial charge in [0.2, 0.25) is 11.8 Å². The van der Waals surface area contributed by atoms with Gasteiger partial charge in [-0.2, -0.15) is 4.98 Å². The van der Waals surface area contributed by atoms with Gasteiger partial charge in [-0.1, -0.05) is 17.3 Å².